The summed E-state index contributed by atoms with van der Waals surface area (Å²) < 4.78 is 15.5. The van der Waals surface area contributed by atoms with Gasteiger partial charge in [0.2, 0.25) is 0 Å². The third-order valence-electron chi connectivity index (χ3n) is 4.06. The maximum Gasteiger partial charge on any atom is 0.187 e. The van der Waals surface area contributed by atoms with Crippen molar-refractivity contribution in [2.24, 2.45) is 5.73 Å². The van der Waals surface area contributed by atoms with Crippen molar-refractivity contribution in [1.82, 2.24) is 0 Å². The molecule has 0 spiro atoms. The summed E-state index contributed by atoms with van der Waals surface area (Å²) in [5, 5.41) is 67.3. The number of nitrogens with two attached hydrogens (primary N) is 1. The van der Waals surface area contributed by atoms with Crippen LogP contribution >= 0.6 is 0 Å². The Morgan fingerprint density at radius 2 is 1.39 bits per heavy atom. The van der Waals surface area contributed by atoms with E-state index in [4.69, 9.17) is 25.1 Å². The molecule has 9 N–H and O–H groups in total. The Hall–Kier alpha value is -0.440. The highest BCUT2D eigenvalue weighted by molar-refractivity contribution is 4.94. The summed E-state index contributed by atoms with van der Waals surface area (Å²) in [6.45, 7) is -1.26. The molecule has 0 radical (unpaired) electrons. The Balaban J connectivity index is 2.11. The zero-order valence-electron chi connectivity index (χ0n) is 12.1. The molecule has 10 atom stereocenters. The van der Waals surface area contributed by atoms with Gasteiger partial charge in [-0.3, -0.25) is 0 Å². The summed E-state index contributed by atoms with van der Waals surface area (Å²) in [4.78, 5) is 0. The van der Waals surface area contributed by atoms with E-state index >= 15 is 0 Å². The molecule has 136 valence electrons. The molecule has 0 aromatic rings. The number of hydrogen-bond donors (Lipinski definition) is 8. The van der Waals surface area contributed by atoms with Crippen molar-refractivity contribution >= 4 is 0 Å². The van der Waals surface area contributed by atoms with Crippen molar-refractivity contribution in [2.75, 3.05) is 13.2 Å². The van der Waals surface area contributed by atoms with Gasteiger partial charge in [-0.25, -0.2) is 0 Å². The van der Waals surface area contributed by atoms with Crippen LogP contribution in [-0.4, -0.2) is 110 Å². The molecule has 5 unspecified atom stereocenters. The van der Waals surface area contributed by atoms with Crippen LogP contribution < -0.4 is 5.73 Å². The summed E-state index contributed by atoms with van der Waals surface area (Å²) >= 11 is 0. The quantitative estimate of drug-likeness (QED) is 0.243. The summed E-state index contributed by atoms with van der Waals surface area (Å²) in [5.41, 5.74) is 5.55. The standard InChI is InChI=1S/C12H23NO10/c13-5-7(17)10(4(2-15)21-11(5)20)23-12-9(19)8(18)6(16)3(1-14)22-12/h3-12,14-20H,1-2,13H2/t3?,4?,5?,6-,7+,8-,9?,10?,11-,12-/m0/s1. The Kier molecular flexibility index (Phi) is 6.27. The molecule has 2 rings (SSSR count). The Bertz CT molecular complexity index is 383. The van der Waals surface area contributed by atoms with Gasteiger partial charge in [-0.05, 0) is 0 Å². The lowest BCUT2D eigenvalue weighted by atomic mass is 9.96. The fourth-order valence-corrected chi connectivity index (χ4v) is 2.60. The molecule has 0 aromatic heterocycles. The second kappa shape index (κ2) is 7.63. The Morgan fingerprint density at radius 1 is 0.783 bits per heavy atom. The molecule has 0 amide bonds. The zero-order chi connectivity index (χ0) is 17.3. The third kappa shape index (κ3) is 3.65. The van der Waals surface area contributed by atoms with E-state index < -0.39 is 74.6 Å². The van der Waals surface area contributed by atoms with Gasteiger partial charge in [-0.2, -0.15) is 0 Å². The van der Waals surface area contributed by atoms with Gasteiger partial charge < -0.3 is 55.7 Å². The summed E-state index contributed by atoms with van der Waals surface area (Å²) in [5.74, 6) is 0. The predicted octanol–water partition coefficient (Wildman–Crippen LogP) is -5.43. The predicted molar refractivity (Wildman–Crippen MR) is 70.6 cm³/mol. The average molecular weight is 341 g/mol. The van der Waals surface area contributed by atoms with Crippen LogP contribution in [0.25, 0.3) is 0 Å². The average Bonchev–Trinajstić information content (AvgIpc) is 2.55. The maximum atomic E-state index is 10.1. The molecule has 0 bridgehead atoms. The first-order chi connectivity index (χ1) is 10.8. The van der Waals surface area contributed by atoms with Crippen molar-refractivity contribution in [3.05, 3.63) is 0 Å². The molecule has 0 aliphatic carbocycles. The van der Waals surface area contributed by atoms with E-state index in [0.29, 0.717) is 0 Å². The Labute approximate surface area is 131 Å². The van der Waals surface area contributed by atoms with Crippen LogP contribution in [0.15, 0.2) is 0 Å². The fraction of sp³-hybridized carbons (Fsp3) is 1.00. The molecule has 2 heterocycles. The molecule has 11 nitrogen and oxygen atoms in total. The first-order valence-electron chi connectivity index (χ1n) is 7.15. The third-order valence-corrected chi connectivity index (χ3v) is 4.06. The Morgan fingerprint density at radius 3 is 1.96 bits per heavy atom. The van der Waals surface area contributed by atoms with Crippen molar-refractivity contribution in [1.29, 1.82) is 0 Å². The highest BCUT2D eigenvalue weighted by atomic mass is 16.7. The molecule has 2 saturated heterocycles. The lowest BCUT2D eigenvalue weighted by molar-refractivity contribution is -0.344. The number of aliphatic hydroxyl groups excluding tert-OH is 7. The van der Waals surface area contributed by atoms with Crippen molar-refractivity contribution in [3.8, 4) is 0 Å². The molecule has 2 fully saturated rings. The van der Waals surface area contributed by atoms with Gasteiger partial charge in [-0.1, -0.05) is 0 Å². The second-order valence-electron chi connectivity index (χ2n) is 5.61. The largest absolute Gasteiger partial charge is 0.394 e. The van der Waals surface area contributed by atoms with Crippen molar-refractivity contribution in [2.45, 2.75) is 61.3 Å². The van der Waals surface area contributed by atoms with Gasteiger partial charge in [0.05, 0.1) is 19.3 Å². The number of hydrogen-bond acceptors (Lipinski definition) is 11. The highest BCUT2D eigenvalue weighted by Gasteiger charge is 2.49. The van der Waals surface area contributed by atoms with Crippen LogP contribution in [0.1, 0.15) is 0 Å². The van der Waals surface area contributed by atoms with Gasteiger partial charge in [0.25, 0.3) is 0 Å². The number of rotatable bonds is 4. The van der Waals surface area contributed by atoms with E-state index in [1.807, 2.05) is 0 Å². The van der Waals surface area contributed by atoms with Crippen molar-refractivity contribution < 1.29 is 50.0 Å². The van der Waals surface area contributed by atoms with Crippen LogP contribution in [0.3, 0.4) is 0 Å². The first kappa shape index (κ1) is 18.9. The van der Waals surface area contributed by atoms with E-state index in [0.717, 1.165) is 0 Å². The maximum absolute atomic E-state index is 10.1. The minimum atomic E-state index is -1.68. The van der Waals surface area contributed by atoms with Crippen LogP contribution in [0.2, 0.25) is 0 Å². The summed E-state index contributed by atoms with van der Waals surface area (Å²) in [6.07, 6.45) is -13.0. The summed E-state index contributed by atoms with van der Waals surface area (Å²) in [6, 6.07) is -1.23. The number of aliphatic hydroxyl groups is 7. The van der Waals surface area contributed by atoms with Crippen LogP contribution in [0, 0.1) is 0 Å². The van der Waals surface area contributed by atoms with E-state index in [-0.39, 0.29) is 0 Å². The normalized spacial score (nSPS) is 51.7. The topological polar surface area (TPSA) is 195 Å². The zero-order valence-corrected chi connectivity index (χ0v) is 12.1. The fourth-order valence-electron chi connectivity index (χ4n) is 2.60. The van der Waals surface area contributed by atoms with Crippen molar-refractivity contribution in [3.63, 3.8) is 0 Å². The second-order valence-corrected chi connectivity index (χ2v) is 5.61. The summed E-state index contributed by atoms with van der Waals surface area (Å²) in [7, 11) is 0. The van der Waals surface area contributed by atoms with Gasteiger partial charge >= 0.3 is 0 Å². The van der Waals surface area contributed by atoms with Crippen LogP contribution in [0.5, 0.6) is 0 Å². The minimum Gasteiger partial charge on any atom is -0.394 e. The van der Waals surface area contributed by atoms with E-state index in [9.17, 15) is 30.6 Å². The molecule has 23 heavy (non-hydrogen) atoms. The molecule has 0 saturated carbocycles. The molecule has 0 aromatic carbocycles. The lowest BCUT2D eigenvalue weighted by Crippen LogP contribution is -2.66. The van der Waals surface area contributed by atoms with Gasteiger partial charge in [0, 0.05) is 0 Å². The highest BCUT2D eigenvalue weighted by Crippen LogP contribution is 2.27. The smallest absolute Gasteiger partial charge is 0.187 e. The molecule has 11 heteroatoms. The first-order valence-corrected chi connectivity index (χ1v) is 7.15. The molecular formula is C12H23NO10. The molecule has 2 aliphatic heterocycles. The van der Waals surface area contributed by atoms with Gasteiger partial charge in [-0.15, -0.1) is 0 Å². The van der Waals surface area contributed by atoms with E-state index in [2.05, 4.69) is 0 Å². The van der Waals surface area contributed by atoms with Gasteiger partial charge in [0.1, 0.15) is 42.7 Å². The SMILES string of the molecule is NC1[C@@H](O)C(O[C@@H]2OC(CO)[C@H](O)[C@H](O)C2O)C(CO)O[C@@H]1O. The van der Waals surface area contributed by atoms with Gasteiger partial charge in [0.15, 0.2) is 12.6 Å². The van der Waals surface area contributed by atoms with Crippen LogP contribution in [0.4, 0.5) is 0 Å². The monoisotopic (exact) mass is 341 g/mol. The van der Waals surface area contributed by atoms with E-state index in [1.54, 1.807) is 0 Å². The van der Waals surface area contributed by atoms with E-state index in [1.165, 1.54) is 0 Å². The molecular weight excluding hydrogens is 318 g/mol. The molecule has 2 aliphatic rings. The number of ether oxygens (including phenoxy) is 3. The van der Waals surface area contributed by atoms with Crippen LogP contribution in [-0.2, 0) is 14.2 Å². The lowest BCUT2D eigenvalue weighted by Gasteiger charge is -2.45. The minimum absolute atomic E-state index is 0.622.